The van der Waals surface area contributed by atoms with Crippen LogP contribution in [0.2, 0.25) is 0 Å². The summed E-state index contributed by atoms with van der Waals surface area (Å²) in [6, 6.07) is 10.5. The highest BCUT2D eigenvalue weighted by Crippen LogP contribution is 2.22. The minimum absolute atomic E-state index is 0.236. The van der Waals surface area contributed by atoms with Crippen LogP contribution in [0.25, 0.3) is 0 Å². The number of pyridine rings is 1. The van der Waals surface area contributed by atoms with Crippen LogP contribution in [0, 0.1) is 0 Å². The molecule has 0 radical (unpaired) electrons. The maximum Gasteiger partial charge on any atom is 0.414 e. The van der Waals surface area contributed by atoms with Crippen LogP contribution in [0.15, 0.2) is 42.6 Å². The number of aromatic nitrogens is 1. The Balaban J connectivity index is 1.74. The Morgan fingerprint density at radius 3 is 2.62 bits per heavy atom. The van der Waals surface area contributed by atoms with Crippen LogP contribution in [-0.4, -0.2) is 44.2 Å². The minimum atomic E-state index is -0.349. The van der Waals surface area contributed by atoms with Crippen molar-refractivity contribution in [1.82, 2.24) is 4.98 Å². The Labute approximate surface area is 139 Å². The van der Waals surface area contributed by atoms with Crippen LogP contribution in [0.4, 0.5) is 22.0 Å². The third-order valence-electron chi connectivity index (χ3n) is 3.65. The van der Waals surface area contributed by atoms with E-state index in [-0.39, 0.29) is 12.0 Å². The number of carbonyl (C=O) groups is 2. The van der Waals surface area contributed by atoms with E-state index in [1.54, 1.807) is 52.4 Å². The molecule has 24 heavy (non-hydrogen) atoms. The number of amides is 2. The van der Waals surface area contributed by atoms with Crippen molar-refractivity contribution in [3.05, 3.63) is 48.2 Å². The molecule has 2 aromatic rings. The summed E-state index contributed by atoms with van der Waals surface area (Å²) < 4.78 is 4.91. The second-order valence-corrected chi connectivity index (χ2v) is 5.54. The molecular formula is C17H18N4O3. The lowest BCUT2D eigenvalue weighted by Crippen LogP contribution is -2.23. The molecule has 7 heteroatoms. The van der Waals surface area contributed by atoms with Gasteiger partial charge in [-0.1, -0.05) is 0 Å². The van der Waals surface area contributed by atoms with Gasteiger partial charge in [0.2, 0.25) is 0 Å². The maximum atomic E-state index is 12.5. The molecule has 124 valence electrons. The molecule has 0 bridgehead atoms. The van der Waals surface area contributed by atoms with E-state index in [0.717, 1.165) is 5.69 Å². The lowest BCUT2D eigenvalue weighted by molar-refractivity contribution is 0.102. The van der Waals surface area contributed by atoms with Crippen LogP contribution in [0.3, 0.4) is 0 Å². The van der Waals surface area contributed by atoms with Crippen LogP contribution in [-0.2, 0) is 4.74 Å². The summed E-state index contributed by atoms with van der Waals surface area (Å²) in [4.78, 5) is 31.6. The summed E-state index contributed by atoms with van der Waals surface area (Å²) >= 11 is 0. The van der Waals surface area contributed by atoms with E-state index in [4.69, 9.17) is 4.74 Å². The van der Waals surface area contributed by atoms with Crippen molar-refractivity contribution in [2.24, 2.45) is 0 Å². The number of carbonyl (C=O) groups excluding carboxylic acids is 2. The van der Waals surface area contributed by atoms with Crippen molar-refractivity contribution in [2.75, 3.05) is 42.4 Å². The van der Waals surface area contributed by atoms with E-state index in [1.165, 1.54) is 0 Å². The summed E-state index contributed by atoms with van der Waals surface area (Å²) in [6.07, 6.45) is 1.30. The van der Waals surface area contributed by atoms with Gasteiger partial charge < -0.3 is 15.0 Å². The fourth-order valence-corrected chi connectivity index (χ4v) is 2.48. The number of rotatable bonds is 4. The van der Waals surface area contributed by atoms with E-state index in [1.807, 2.05) is 14.1 Å². The SMILES string of the molecule is CN(C)c1ncccc1C(=O)Nc1ccc(N2CCOC2=O)cc1. The average Bonchev–Trinajstić information content (AvgIpc) is 3.01. The summed E-state index contributed by atoms with van der Waals surface area (Å²) in [5.74, 6) is 0.367. The van der Waals surface area contributed by atoms with Gasteiger partial charge in [-0.25, -0.2) is 9.78 Å². The molecule has 1 fully saturated rings. The fraction of sp³-hybridized carbons (Fsp3) is 0.235. The number of cyclic esters (lactones) is 1. The summed E-state index contributed by atoms with van der Waals surface area (Å²) in [5, 5.41) is 2.84. The summed E-state index contributed by atoms with van der Waals surface area (Å²) in [5.41, 5.74) is 1.88. The summed E-state index contributed by atoms with van der Waals surface area (Å²) in [6.45, 7) is 0.929. The van der Waals surface area contributed by atoms with Gasteiger partial charge in [-0.15, -0.1) is 0 Å². The highest BCUT2D eigenvalue weighted by molar-refractivity contribution is 6.07. The Bertz CT molecular complexity index is 759. The molecule has 1 saturated heterocycles. The second-order valence-electron chi connectivity index (χ2n) is 5.54. The van der Waals surface area contributed by atoms with Crippen molar-refractivity contribution in [3.63, 3.8) is 0 Å². The molecular weight excluding hydrogens is 308 g/mol. The molecule has 0 unspecified atom stereocenters. The van der Waals surface area contributed by atoms with Crippen LogP contribution in [0.5, 0.6) is 0 Å². The van der Waals surface area contributed by atoms with Gasteiger partial charge in [-0.05, 0) is 36.4 Å². The molecule has 0 atom stereocenters. The standard InChI is InChI=1S/C17H18N4O3/c1-20(2)15-14(4-3-9-18-15)16(22)19-12-5-7-13(8-6-12)21-10-11-24-17(21)23/h3-9H,10-11H2,1-2H3,(H,19,22). The molecule has 1 aromatic heterocycles. The monoisotopic (exact) mass is 326 g/mol. The first-order chi connectivity index (χ1) is 11.6. The zero-order chi connectivity index (χ0) is 17.1. The fourth-order valence-electron chi connectivity index (χ4n) is 2.48. The van der Waals surface area contributed by atoms with Crippen molar-refractivity contribution in [1.29, 1.82) is 0 Å². The molecule has 1 N–H and O–H groups in total. The van der Waals surface area contributed by atoms with Gasteiger partial charge in [-0.2, -0.15) is 0 Å². The third-order valence-corrected chi connectivity index (χ3v) is 3.65. The molecule has 2 amide bonds. The Hall–Kier alpha value is -3.09. The molecule has 7 nitrogen and oxygen atoms in total. The van der Waals surface area contributed by atoms with Gasteiger partial charge in [0.15, 0.2) is 0 Å². The van der Waals surface area contributed by atoms with E-state index in [0.29, 0.717) is 30.2 Å². The quantitative estimate of drug-likeness (QED) is 0.933. The highest BCUT2D eigenvalue weighted by Gasteiger charge is 2.23. The number of hydrogen-bond donors (Lipinski definition) is 1. The second kappa shape index (κ2) is 6.57. The van der Waals surface area contributed by atoms with E-state index < -0.39 is 0 Å². The molecule has 2 heterocycles. The van der Waals surface area contributed by atoms with Crippen molar-refractivity contribution in [2.45, 2.75) is 0 Å². The maximum absolute atomic E-state index is 12.5. The van der Waals surface area contributed by atoms with E-state index in [9.17, 15) is 9.59 Å². The normalized spacial score (nSPS) is 13.6. The van der Waals surface area contributed by atoms with Gasteiger partial charge in [0.1, 0.15) is 12.4 Å². The first kappa shape index (κ1) is 15.8. The lowest BCUT2D eigenvalue weighted by atomic mass is 10.2. The van der Waals surface area contributed by atoms with Crippen LogP contribution >= 0.6 is 0 Å². The molecule has 3 rings (SSSR count). The smallest absolute Gasteiger partial charge is 0.414 e. The predicted octanol–water partition coefficient (Wildman–Crippen LogP) is 2.36. The Morgan fingerprint density at radius 2 is 2.00 bits per heavy atom. The van der Waals surface area contributed by atoms with Gasteiger partial charge in [-0.3, -0.25) is 9.69 Å². The number of nitrogens with one attached hydrogen (secondary N) is 1. The largest absolute Gasteiger partial charge is 0.447 e. The van der Waals surface area contributed by atoms with Crippen LogP contribution < -0.4 is 15.1 Å². The lowest BCUT2D eigenvalue weighted by Gasteiger charge is -2.16. The van der Waals surface area contributed by atoms with E-state index >= 15 is 0 Å². The first-order valence-electron chi connectivity index (χ1n) is 7.54. The van der Waals surface area contributed by atoms with Gasteiger partial charge in [0.05, 0.1) is 12.1 Å². The predicted molar refractivity (Wildman–Crippen MR) is 91.7 cm³/mol. The number of benzene rings is 1. The number of anilines is 3. The molecule has 0 aliphatic carbocycles. The zero-order valence-corrected chi connectivity index (χ0v) is 13.5. The van der Waals surface area contributed by atoms with Crippen LogP contribution in [0.1, 0.15) is 10.4 Å². The highest BCUT2D eigenvalue weighted by atomic mass is 16.6. The van der Waals surface area contributed by atoms with Gasteiger partial charge in [0.25, 0.3) is 5.91 Å². The third kappa shape index (κ3) is 3.15. The topological polar surface area (TPSA) is 74.8 Å². The average molecular weight is 326 g/mol. The molecule has 0 spiro atoms. The molecule has 0 saturated carbocycles. The van der Waals surface area contributed by atoms with Gasteiger partial charge in [0, 0.05) is 31.7 Å². The van der Waals surface area contributed by atoms with Crippen molar-refractivity contribution in [3.8, 4) is 0 Å². The van der Waals surface area contributed by atoms with E-state index in [2.05, 4.69) is 10.3 Å². The molecule has 1 aliphatic heterocycles. The zero-order valence-electron chi connectivity index (χ0n) is 13.5. The molecule has 1 aliphatic rings. The number of nitrogens with zero attached hydrogens (tertiary/aromatic N) is 3. The first-order valence-corrected chi connectivity index (χ1v) is 7.54. The molecule has 1 aromatic carbocycles. The van der Waals surface area contributed by atoms with Crippen molar-refractivity contribution >= 4 is 29.2 Å². The van der Waals surface area contributed by atoms with Gasteiger partial charge >= 0.3 is 6.09 Å². The van der Waals surface area contributed by atoms with Crippen molar-refractivity contribution < 1.29 is 14.3 Å². The Morgan fingerprint density at radius 1 is 1.25 bits per heavy atom. The Kier molecular flexibility index (Phi) is 4.33. The number of ether oxygens (including phenoxy) is 1. The minimum Gasteiger partial charge on any atom is -0.447 e. The summed E-state index contributed by atoms with van der Waals surface area (Å²) in [7, 11) is 3.67. The number of hydrogen-bond acceptors (Lipinski definition) is 5.